The first kappa shape index (κ1) is 161. The van der Waals surface area contributed by atoms with Gasteiger partial charge in [0.1, 0.15) is 0 Å². The van der Waals surface area contributed by atoms with Gasteiger partial charge in [0, 0.05) is 118 Å². The molecule has 850 valence electrons. The molecule has 0 spiro atoms. The number of unbranched alkanes of at least 4 members (excludes halogenated alkanes) is 1. The fourth-order valence-electron chi connectivity index (χ4n) is 13.2. The van der Waals surface area contributed by atoms with E-state index in [2.05, 4.69) is 461 Å². The van der Waals surface area contributed by atoms with E-state index in [0.717, 1.165) is 152 Å². The molecule has 14 aliphatic rings. The van der Waals surface area contributed by atoms with Crippen molar-refractivity contribution in [1.82, 2.24) is 35.1 Å². The minimum Gasteiger partial charge on any atom is -0.314 e. The van der Waals surface area contributed by atoms with Crippen molar-refractivity contribution in [2.75, 3.05) is 165 Å². The predicted molar refractivity (Wildman–Crippen MR) is 722 cm³/mol. The van der Waals surface area contributed by atoms with Crippen LogP contribution in [0, 0.1) is 40.4 Å². The van der Waals surface area contributed by atoms with Crippen LogP contribution in [-0.2, 0) is 0 Å². The van der Waals surface area contributed by atoms with E-state index in [0.29, 0.717) is 35.6 Å². The molecule has 2 atom stereocenters. The first-order valence-corrected chi connectivity index (χ1v) is 67.2. The van der Waals surface area contributed by atoms with Crippen LogP contribution in [0.1, 0.15) is 435 Å². The number of rotatable bonds is 18. The Morgan fingerprint density at radius 2 is 0.734 bits per heavy atom. The van der Waals surface area contributed by atoms with Gasteiger partial charge < -0.3 is 35.1 Å². The largest absolute Gasteiger partial charge is 0.314 e. The summed E-state index contributed by atoms with van der Waals surface area (Å²) >= 11 is 84.1. The van der Waals surface area contributed by atoms with Gasteiger partial charge in [-0.25, -0.2) is 0 Å². The molecule has 0 aromatic heterocycles. The number of nitrogens with one attached hydrogen (secondary N) is 2. The van der Waals surface area contributed by atoms with E-state index >= 15 is 0 Å². The minimum atomic E-state index is 0.236. The molecule has 5 saturated heterocycles. The van der Waals surface area contributed by atoms with Gasteiger partial charge in [0.2, 0.25) is 0 Å². The molecule has 0 amide bonds. The van der Waals surface area contributed by atoms with Crippen molar-refractivity contribution < 1.29 is 0 Å². The quantitative estimate of drug-likeness (QED) is 0.0624. The van der Waals surface area contributed by atoms with Gasteiger partial charge in [-0.15, -0.1) is 0 Å². The highest BCUT2D eigenvalue weighted by Crippen LogP contribution is 2.46. The molecule has 5 aliphatic heterocycles. The molecule has 0 aromatic rings. The Morgan fingerprint density at radius 3 is 0.835 bits per heavy atom. The molecule has 0 aromatic carbocycles. The first-order valence-electron chi connectivity index (χ1n) is 56.1. The fourth-order valence-corrected chi connectivity index (χ4v) is 18.9. The third kappa shape index (κ3) is 133. The van der Waals surface area contributed by atoms with Crippen LogP contribution in [0.25, 0.3) is 0 Å². The Morgan fingerprint density at radius 1 is 0.396 bits per heavy atom. The van der Waals surface area contributed by atoms with E-state index in [-0.39, 0.29) is 4.75 Å². The van der Waals surface area contributed by atoms with Crippen LogP contribution >= 0.6 is 253 Å². The molecule has 14 fully saturated rings. The van der Waals surface area contributed by atoms with Crippen LogP contribution in [0.3, 0.4) is 0 Å². The van der Waals surface area contributed by atoms with Crippen LogP contribution in [-0.4, -0.2) is 257 Å². The van der Waals surface area contributed by atoms with E-state index in [1.165, 1.54) is 329 Å². The number of nitrogens with zero attached hydrogens (tertiary/aromatic N) is 5. The molecule has 5 heterocycles. The zero-order chi connectivity index (χ0) is 108. The van der Waals surface area contributed by atoms with Crippen LogP contribution in [0.2, 0.25) is 0 Å². The Labute approximate surface area is 985 Å². The average molecular weight is 2330 g/mol. The van der Waals surface area contributed by atoms with E-state index in [1.807, 2.05) is 14.1 Å². The van der Waals surface area contributed by atoms with E-state index in [9.17, 15) is 0 Å². The number of thiol groups is 20. The van der Waals surface area contributed by atoms with Crippen molar-refractivity contribution in [1.29, 1.82) is 0 Å². The third-order valence-electron chi connectivity index (χ3n) is 25.7. The summed E-state index contributed by atoms with van der Waals surface area (Å²) < 4.78 is 1.51. The maximum atomic E-state index is 4.52. The molecular weight excluding hydrogens is 2080 g/mol. The third-order valence-corrected chi connectivity index (χ3v) is 35.7. The van der Waals surface area contributed by atoms with E-state index in [4.69, 9.17) is 0 Å². The lowest BCUT2D eigenvalue weighted by Gasteiger charge is -2.32. The second-order valence-corrected chi connectivity index (χ2v) is 58.6. The van der Waals surface area contributed by atoms with Gasteiger partial charge in [-0.3, -0.25) is 0 Å². The van der Waals surface area contributed by atoms with Crippen molar-refractivity contribution in [3.8, 4) is 0 Å². The first-order chi connectivity index (χ1) is 65.0. The number of hydrogen-bond donors (Lipinski definition) is 22. The average Bonchev–Trinajstić information content (AvgIpc) is 1.69. The predicted octanol–water partition coefficient (Wildman–Crippen LogP) is 34.3. The van der Waals surface area contributed by atoms with Crippen molar-refractivity contribution in [2.24, 2.45) is 40.4 Å². The molecule has 9 aliphatic carbocycles. The summed E-state index contributed by atoms with van der Waals surface area (Å²) in [6.07, 6.45) is 58.1. The van der Waals surface area contributed by atoms with Crippen molar-refractivity contribution >= 4 is 253 Å². The Hall–Kier alpha value is 6.72. The smallest absolute Gasteiger partial charge is 0.0271 e. The van der Waals surface area contributed by atoms with Gasteiger partial charge in [0.25, 0.3) is 0 Å². The van der Waals surface area contributed by atoms with Crippen LogP contribution in [0.5, 0.6) is 0 Å². The monoisotopic (exact) mass is 2330 g/mol. The van der Waals surface area contributed by atoms with Crippen molar-refractivity contribution in [3.63, 3.8) is 0 Å². The normalized spacial score (nSPS) is 23.1. The van der Waals surface area contributed by atoms with Crippen LogP contribution in [0.4, 0.5) is 0 Å². The summed E-state index contributed by atoms with van der Waals surface area (Å²) in [4.78, 5) is 11.5. The minimum absolute atomic E-state index is 0.236. The number of hydrogen-bond acceptors (Lipinski definition) is 27. The fraction of sp³-hybridized carbons (Fsp3) is 1.00. The molecular formula is C112H247N7S20. The van der Waals surface area contributed by atoms with Gasteiger partial charge in [-0.1, -0.05) is 236 Å². The topological polar surface area (TPSA) is 40.3 Å². The van der Waals surface area contributed by atoms with Gasteiger partial charge in [-0.05, 0) is 355 Å². The molecule has 27 heteroatoms. The lowest BCUT2D eigenvalue weighted by atomic mass is 9.86. The molecule has 0 unspecified atom stereocenters. The van der Waals surface area contributed by atoms with Gasteiger partial charge in [0.15, 0.2) is 0 Å². The zero-order valence-electron chi connectivity index (χ0n) is 96.2. The molecule has 2 N–H and O–H groups in total. The number of piperidine rings is 1. The maximum absolute atomic E-state index is 4.52. The van der Waals surface area contributed by atoms with Gasteiger partial charge in [-0.2, -0.15) is 253 Å². The standard InChI is InChI=1S/C7H14S.2C6H13NS.C6H15NS.2C6H13N.2C6H12S.5C5H10S.2C5H12S.C4H9NS.C4H11NS.C4H8S.4C4H10S/c1-7(8)5-3-2-4-6-7;1-7-4-2-6(8)3-5-7;8-6-5-7-3-1-2-4-7;1-3-7(4-2)5-6-8;2*1-2-6-4-3-5-7-6;2*7-6-4-2-1-3-5-6;2*1-4-2-5(6)3-4;1-5(4-6)2-3-5;1-5(6)3-2-4-5;1-2-5(6)3-4-5;1-5(2,3)4-6;1-4-5(2,3)6;1-5-2-4(6)3-5;1-5(2)3-4-6;5-4-2-1-3-4;3*1-4(2)3-5;1-2-3-4-5/h8H,2-6H2,1H3;6,8H,2-5H2,1H3;8H,1-6H2;8H,3-6H2,1-2H3;2*6-7H,2-5H2,1H3;2*6-7H,1-5H2;2*4-6H,2-3H2,1H3;3*6H,2-4H2,1H3;2*6H,4H2,1-3H3;4,6H,2-3H2,1H3;6H,3-4H2,1-2H3;4-5H,1-3H2;3*4-5H,3H2,1-2H3;5H,2-4H2,1H3/t;;;;2*6-;;;;;;;;;;;;;;;;/m....10................/s1. The lowest BCUT2D eigenvalue weighted by Crippen LogP contribution is -2.44. The summed E-state index contributed by atoms with van der Waals surface area (Å²) in [5, 5.41) is 11.8. The SMILES string of the molecule is CC(C)(C)CS.CC(C)CS.CC(C)CS.CC(C)CS.CC1(CS)CC1.CC1(S)CCC1.CC1(S)CCCCC1.CC1CC(S)C1.CC1CC(S)C1.CCC(C)(C)S.CCC1(S)CC1.CCCCS.CCN(CC)CCS.CC[C@@H]1CCCN1.CC[C@H]1CCCN1.CN(C)CCS.CN1CC(S)C1.CN1CCC(S)CC1.SC1CCC1.SC1CCCCC1.SC1CCCCC1.SCCN1CCCC1. The Kier molecular flexibility index (Phi) is 124. The van der Waals surface area contributed by atoms with E-state index in [1.54, 1.807) is 0 Å². The summed E-state index contributed by atoms with van der Waals surface area (Å²) in [5.41, 5.74) is 1.06. The highest BCUT2D eigenvalue weighted by atomic mass is 32.1. The summed E-state index contributed by atoms with van der Waals surface area (Å²) in [6.45, 7) is 65.7. The molecule has 0 radical (unpaired) electrons. The molecule has 14 rings (SSSR count). The maximum Gasteiger partial charge on any atom is 0.0271 e. The summed E-state index contributed by atoms with van der Waals surface area (Å²) in [6, 6.07) is 1.69. The molecule has 0 bridgehead atoms. The Bertz CT molecular complexity index is 2140. The second-order valence-electron chi connectivity index (χ2n) is 45.6. The second kappa shape index (κ2) is 108. The van der Waals surface area contributed by atoms with Gasteiger partial charge in [0.05, 0.1) is 0 Å². The van der Waals surface area contributed by atoms with E-state index < -0.39 is 0 Å². The summed E-state index contributed by atoms with van der Waals surface area (Å²) in [7, 11) is 8.35. The summed E-state index contributed by atoms with van der Waals surface area (Å²) in [5.74, 6) is 13.2. The lowest BCUT2D eigenvalue weighted by molar-refractivity contribution is 0.241. The van der Waals surface area contributed by atoms with Crippen LogP contribution < -0.4 is 10.6 Å². The molecule has 9 saturated carbocycles. The zero-order valence-corrected chi connectivity index (χ0v) is 114. The molecule has 7 nitrogen and oxygen atoms in total. The highest BCUT2D eigenvalue weighted by Gasteiger charge is 2.36. The van der Waals surface area contributed by atoms with Crippen LogP contribution in [0.15, 0.2) is 0 Å². The van der Waals surface area contributed by atoms with Gasteiger partial charge >= 0.3 is 0 Å². The van der Waals surface area contributed by atoms with Crippen molar-refractivity contribution in [3.05, 3.63) is 0 Å². The molecule has 139 heavy (non-hydrogen) atoms. The highest BCUT2D eigenvalue weighted by molar-refractivity contribution is 7.84. The Balaban J connectivity index is -0.000000216. The van der Waals surface area contributed by atoms with Crippen molar-refractivity contribution in [2.45, 2.75) is 503 Å². The number of likely N-dealkylation sites (tertiary alicyclic amines) is 3.